The zero-order valence-electron chi connectivity index (χ0n) is 9.70. The molecule has 0 amide bonds. The van der Waals surface area contributed by atoms with Gasteiger partial charge in [0.1, 0.15) is 23.6 Å². The lowest BCUT2D eigenvalue weighted by atomic mass is 10.3. The van der Waals surface area contributed by atoms with E-state index in [1.165, 1.54) is 30.3 Å². The van der Waals surface area contributed by atoms with Gasteiger partial charge >= 0.3 is 6.18 Å². The largest absolute Gasteiger partial charge is 0.482 e. The van der Waals surface area contributed by atoms with Crippen molar-refractivity contribution in [2.45, 2.75) is 6.18 Å². The van der Waals surface area contributed by atoms with E-state index in [1.54, 1.807) is 0 Å². The third-order valence-corrected chi connectivity index (χ3v) is 2.52. The Balaban J connectivity index is 2.98. The van der Waals surface area contributed by atoms with Crippen LogP contribution in [0.4, 0.5) is 18.9 Å². The number of alkyl halides is 3. The van der Waals surface area contributed by atoms with Crippen molar-refractivity contribution in [1.82, 2.24) is 0 Å². The van der Waals surface area contributed by atoms with Crippen LogP contribution in [-0.4, -0.2) is 18.5 Å². The second-order valence-corrected chi connectivity index (χ2v) is 4.17. The van der Waals surface area contributed by atoms with Gasteiger partial charge in [0.05, 0.1) is 0 Å². The molecular formula is C11H6BrF3N4O. The topological polar surface area (TPSA) is 81.2 Å². The standard InChI is InChI=1S/C11H6BrF3N4O/c12-8-2-1-3-9(20-6-11(13,14)15)10(8)19-18-7(4-16)5-17/h1-3,19H,6H2. The Bertz CT molecular complexity index is 585. The van der Waals surface area contributed by atoms with E-state index in [1.807, 2.05) is 0 Å². The Kier molecular flexibility index (Phi) is 5.35. The first-order valence-corrected chi connectivity index (χ1v) is 5.78. The van der Waals surface area contributed by atoms with Crippen LogP contribution in [0.25, 0.3) is 0 Å². The summed E-state index contributed by atoms with van der Waals surface area (Å²) in [5.74, 6) is -0.115. The molecule has 9 heteroatoms. The van der Waals surface area contributed by atoms with E-state index in [-0.39, 0.29) is 11.4 Å². The molecule has 0 bridgehead atoms. The minimum absolute atomic E-state index is 0.0831. The van der Waals surface area contributed by atoms with Crippen LogP contribution in [0.15, 0.2) is 27.8 Å². The molecule has 0 spiro atoms. The molecule has 0 unspecified atom stereocenters. The molecular weight excluding hydrogens is 341 g/mol. The van der Waals surface area contributed by atoms with Crippen LogP contribution in [-0.2, 0) is 0 Å². The lowest BCUT2D eigenvalue weighted by molar-refractivity contribution is -0.153. The molecule has 1 rings (SSSR count). The van der Waals surface area contributed by atoms with Gasteiger partial charge in [-0.1, -0.05) is 6.07 Å². The van der Waals surface area contributed by atoms with Crippen LogP contribution in [0.5, 0.6) is 5.75 Å². The molecule has 0 saturated carbocycles. The quantitative estimate of drug-likeness (QED) is 0.670. The highest BCUT2D eigenvalue weighted by Crippen LogP contribution is 2.33. The Hall–Kier alpha value is -2.26. The summed E-state index contributed by atoms with van der Waals surface area (Å²) in [5.41, 5.74) is 1.94. The number of nitrogens with zero attached hydrogens (tertiary/aromatic N) is 3. The van der Waals surface area contributed by atoms with Crippen molar-refractivity contribution < 1.29 is 17.9 Å². The molecule has 0 saturated heterocycles. The van der Waals surface area contributed by atoms with Gasteiger partial charge in [0.25, 0.3) is 0 Å². The summed E-state index contributed by atoms with van der Waals surface area (Å²) in [6.45, 7) is -1.47. The molecule has 0 heterocycles. The first-order valence-electron chi connectivity index (χ1n) is 4.99. The Morgan fingerprint density at radius 3 is 2.55 bits per heavy atom. The van der Waals surface area contributed by atoms with Crippen LogP contribution in [0.3, 0.4) is 0 Å². The predicted molar refractivity (Wildman–Crippen MR) is 68.0 cm³/mol. The average molecular weight is 347 g/mol. The van der Waals surface area contributed by atoms with Crippen LogP contribution in [0, 0.1) is 22.7 Å². The van der Waals surface area contributed by atoms with E-state index in [0.29, 0.717) is 4.47 Å². The number of hydrogen-bond acceptors (Lipinski definition) is 5. The maximum atomic E-state index is 12.1. The Labute approximate surface area is 120 Å². The van der Waals surface area contributed by atoms with Gasteiger partial charge in [-0.25, -0.2) is 0 Å². The van der Waals surface area contributed by atoms with Gasteiger partial charge in [-0.3, -0.25) is 5.43 Å². The van der Waals surface area contributed by atoms with Gasteiger partial charge < -0.3 is 4.74 Å². The van der Waals surface area contributed by atoms with Crippen LogP contribution in [0.1, 0.15) is 0 Å². The average Bonchev–Trinajstić information content (AvgIpc) is 2.38. The fraction of sp³-hybridized carbons (Fsp3) is 0.182. The van der Waals surface area contributed by atoms with E-state index >= 15 is 0 Å². The van der Waals surface area contributed by atoms with Gasteiger partial charge in [-0.15, -0.1) is 0 Å². The van der Waals surface area contributed by atoms with Crippen molar-refractivity contribution in [1.29, 1.82) is 10.5 Å². The third-order valence-electron chi connectivity index (χ3n) is 1.86. The van der Waals surface area contributed by atoms with Crippen molar-refractivity contribution in [2.75, 3.05) is 12.0 Å². The number of ether oxygens (including phenoxy) is 1. The number of rotatable bonds is 4. The maximum absolute atomic E-state index is 12.1. The van der Waals surface area contributed by atoms with E-state index in [4.69, 9.17) is 10.5 Å². The highest BCUT2D eigenvalue weighted by molar-refractivity contribution is 9.10. The van der Waals surface area contributed by atoms with Gasteiger partial charge in [0, 0.05) is 4.47 Å². The lowest BCUT2D eigenvalue weighted by Crippen LogP contribution is -2.19. The second kappa shape index (κ2) is 6.78. The molecule has 0 radical (unpaired) electrons. The molecule has 20 heavy (non-hydrogen) atoms. The lowest BCUT2D eigenvalue weighted by Gasteiger charge is -2.13. The molecule has 5 nitrogen and oxygen atoms in total. The van der Waals surface area contributed by atoms with Crippen molar-refractivity contribution in [3.8, 4) is 17.9 Å². The Morgan fingerprint density at radius 2 is 2.00 bits per heavy atom. The first kappa shape index (κ1) is 15.8. The molecule has 0 fully saturated rings. The van der Waals surface area contributed by atoms with Crippen molar-refractivity contribution >= 4 is 27.3 Å². The number of halogens is 4. The molecule has 1 aromatic carbocycles. The number of nitriles is 2. The van der Waals surface area contributed by atoms with Crippen molar-refractivity contribution in [3.63, 3.8) is 0 Å². The maximum Gasteiger partial charge on any atom is 0.422 e. The monoisotopic (exact) mass is 346 g/mol. The number of nitrogens with one attached hydrogen (secondary N) is 1. The van der Waals surface area contributed by atoms with E-state index in [9.17, 15) is 13.2 Å². The fourth-order valence-corrected chi connectivity index (χ4v) is 1.52. The van der Waals surface area contributed by atoms with Crippen molar-refractivity contribution in [2.24, 2.45) is 5.10 Å². The summed E-state index contributed by atoms with van der Waals surface area (Å²) in [6.07, 6.45) is -4.48. The van der Waals surface area contributed by atoms with E-state index in [0.717, 1.165) is 0 Å². The van der Waals surface area contributed by atoms with Crippen LogP contribution < -0.4 is 10.2 Å². The molecule has 104 valence electrons. The highest BCUT2D eigenvalue weighted by Gasteiger charge is 2.29. The fourth-order valence-electron chi connectivity index (χ4n) is 1.08. The van der Waals surface area contributed by atoms with Crippen LogP contribution >= 0.6 is 15.9 Å². The molecule has 0 aromatic heterocycles. The summed E-state index contributed by atoms with van der Waals surface area (Å²) in [7, 11) is 0. The zero-order chi connectivity index (χ0) is 15.2. The second-order valence-electron chi connectivity index (χ2n) is 3.31. The molecule has 0 aliphatic heterocycles. The molecule has 0 aliphatic carbocycles. The first-order chi connectivity index (χ1) is 9.37. The smallest absolute Gasteiger partial charge is 0.422 e. The molecule has 1 aromatic rings. The highest BCUT2D eigenvalue weighted by atomic mass is 79.9. The van der Waals surface area contributed by atoms with Crippen LogP contribution in [0.2, 0.25) is 0 Å². The SMILES string of the molecule is N#CC(C#N)=NNc1c(Br)cccc1OCC(F)(F)F. The number of hydrazone groups is 1. The third kappa shape index (κ3) is 4.78. The van der Waals surface area contributed by atoms with Gasteiger partial charge in [0.2, 0.25) is 5.71 Å². The summed E-state index contributed by atoms with van der Waals surface area (Å²) in [5, 5.41) is 20.5. The van der Waals surface area contributed by atoms with Gasteiger partial charge in [0.15, 0.2) is 6.61 Å². The van der Waals surface area contributed by atoms with Gasteiger partial charge in [-0.2, -0.15) is 28.8 Å². The predicted octanol–water partition coefficient (Wildman–Crippen LogP) is 3.21. The summed E-state index contributed by atoms with van der Waals surface area (Å²) in [6, 6.07) is 7.32. The normalized spacial score (nSPS) is 10.1. The van der Waals surface area contributed by atoms with Gasteiger partial charge in [-0.05, 0) is 28.1 Å². The molecule has 1 N–H and O–H groups in total. The zero-order valence-corrected chi connectivity index (χ0v) is 11.3. The molecule has 0 atom stereocenters. The van der Waals surface area contributed by atoms with E-state index < -0.39 is 18.5 Å². The molecule has 0 aliphatic rings. The summed E-state index contributed by atoms with van der Waals surface area (Å²) < 4.78 is 41.4. The number of para-hydroxylation sites is 1. The Morgan fingerprint density at radius 1 is 1.35 bits per heavy atom. The minimum Gasteiger partial charge on any atom is -0.482 e. The summed E-state index contributed by atoms with van der Waals surface area (Å²) in [4.78, 5) is 0. The minimum atomic E-state index is -4.48. The summed E-state index contributed by atoms with van der Waals surface area (Å²) >= 11 is 3.10. The number of anilines is 1. The number of hydrogen-bond donors (Lipinski definition) is 1. The van der Waals surface area contributed by atoms with E-state index in [2.05, 4.69) is 31.2 Å². The number of benzene rings is 1. The van der Waals surface area contributed by atoms with Crippen molar-refractivity contribution in [3.05, 3.63) is 22.7 Å².